The van der Waals surface area contributed by atoms with Crippen LogP contribution in [0, 0.1) is 12.7 Å². The largest absolute Gasteiger partial charge is 0.421 e. The fourth-order valence-electron chi connectivity index (χ4n) is 1.49. The van der Waals surface area contributed by atoms with Gasteiger partial charge in [0.2, 0.25) is 5.89 Å². The molecule has 0 fully saturated rings. The van der Waals surface area contributed by atoms with E-state index in [4.69, 9.17) is 16.0 Å². The van der Waals surface area contributed by atoms with E-state index in [1.54, 1.807) is 25.1 Å². The Bertz CT molecular complexity index is 513. The van der Waals surface area contributed by atoms with Gasteiger partial charge in [-0.25, -0.2) is 4.39 Å². The zero-order valence-electron chi connectivity index (χ0n) is 9.41. The number of alkyl halides is 1. The second-order valence-electron chi connectivity index (χ2n) is 3.73. The first kappa shape index (κ1) is 12.0. The predicted octanol–water partition coefficient (Wildman–Crippen LogP) is 3.36. The second kappa shape index (κ2) is 5.27. The van der Waals surface area contributed by atoms with Gasteiger partial charge >= 0.3 is 0 Å². The monoisotopic (exact) mass is 254 g/mol. The van der Waals surface area contributed by atoms with Crippen molar-refractivity contribution >= 4 is 11.6 Å². The Morgan fingerprint density at radius 2 is 2.18 bits per heavy atom. The van der Waals surface area contributed by atoms with Gasteiger partial charge < -0.3 is 4.42 Å². The van der Waals surface area contributed by atoms with Gasteiger partial charge in [-0.3, -0.25) is 0 Å². The maximum atomic E-state index is 13.8. The van der Waals surface area contributed by atoms with Crippen molar-refractivity contribution in [3.05, 3.63) is 35.5 Å². The summed E-state index contributed by atoms with van der Waals surface area (Å²) in [6.45, 7) is 1.70. The first-order valence-electron chi connectivity index (χ1n) is 5.36. The van der Waals surface area contributed by atoms with Crippen LogP contribution in [0.25, 0.3) is 11.5 Å². The molecule has 0 saturated heterocycles. The van der Waals surface area contributed by atoms with E-state index in [0.29, 0.717) is 29.3 Å². The van der Waals surface area contributed by atoms with Crippen molar-refractivity contribution in [1.29, 1.82) is 0 Å². The summed E-state index contributed by atoms with van der Waals surface area (Å²) in [5.41, 5.74) is 0.901. The Morgan fingerprint density at radius 1 is 1.35 bits per heavy atom. The second-order valence-corrected chi connectivity index (χ2v) is 4.11. The predicted molar refractivity (Wildman–Crippen MR) is 63.5 cm³/mol. The van der Waals surface area contributed by atoms with Crippen LogP contribution in [0.1, 0.15) is 17.9 Å². The zero-order chi connectivity index (χ0) is 12.3. The quantitative estimate of drug-likeness (QED) is 0.786. The van der Waals surface area contributed by atoms with Gasteiger partial charge in [0, 0.05) is 12.3 Å². The van der Waals surface area contributed by atoms with Crippen molar-refractivity contribution in [2.45, 2.75) is 19.8 Å². The molecule has 0 radical (unpaired) electrons. The molecule has 0 amide bonds. The molecule has 0 atom stereocenters. The lowest BCUT2D eigenvalue weighted by Crippen LogP contribution is -1.87. The Hall–Kier alpha value is -1.42. The SMILES string of the molecule is Cc1cccc(-c2nnc(CCCCl)o2)c1F. The highest BCUT2D eigenvalue weighted by Gasteiger charge is 2.13. The molecule has 0 saturated carbocycles. The molecule has 3 nitrogen and oxygen atoms in total. The Labute approximate surface area is 104 Å². The number of aromatic nitrogens is 2. The van der Waals surface area contributed by atoms with Gasteiger partial charge in [-0.05, 0) is 25.0 Å². The normalized spacial score (nSPS) is 10.8. The summed E-state index contributed by atoms with van der Waals surface area (Å²) in [5.74, 6) is 0.925. The van der Waals surface area contributed by atoms with Gasteiger partial charge in [0.15, 0.2) is 0 Å². The van der Waals surface area contributed by atoms with E-state index >= 15 is 0 Å². The Kier molecular flexibility index (Phi) is 3.74. The highest BCUT2D eigenvalue weighted by molar-refractivity contribution is 6.17. The molecule has 0 bridgehead atoms. The maximum Gasteiger partial charge on any atom is 0.250 e. The van der Waals surface area contributed by atoms with E-state index in [1.165, 1.54) is 0 Å². The molecule has 0 unspecified atom stereocenters. The molecular weight excluding hydrogens is 243 g/mol. The summed E-state index contributed by atoms with van der Waals surface area (Å²) in [6, 6.07) is 5.08. The third-order valence-corrected chi connectivity index (χ3v) is 2.68. The maximum absolute atomic E-state index is 13.8. The molecular formula is C12H12ClFN2O. The number of aryl methyl sites for hydroxylation is 2. The lowest BCUT2D eigenvalue weighted by atomic mass is 10.1. The van der Waals surface area contributed by atoms with Crippen molar-refractivity contribution in [2.75, 3.05) is 5.88 Å². The summed E-state index contributed by atoms with van der Waals surface area (Å²) in [4.78, 5) is 0. The number of nitrogens with zero attached hydrogens (tertiary/aromatic N) is 2. The van der Waals surface area contributed by atoms with Crippen molar-refractivity contribution in [1.82, 2.24) is 10.2 Å². The van der Waals surface area contributed by atoms with Crippen LogP contribution < -0.4 is 0 Å². The minimum Gasteiger partial charge on any atom is -0.421 e. The number of benzene rings is 1. The molecule has 0 aliphatic rings. The average molecular weight is 255 g/mol. The van der Waals surface area contributed by atoms with E-state index < -0.39 is 0 Å². The van der Waals surface area contributed by atoms with E-state index in [1.807, 2.05) is 0 Å². The lowest BCUT2D eigenvalue weighted by Gasteiger charge is -2.00. The van der Waals surface area contributed by atoms with Crippen LogP contribution in [0.15, 0.2) is 22.6 Å². The molecule has 0 aliphatic carbocycles. The molecule has 0 aliphatic heterocycles. The molecule has 90 valence electrons. The first-order valence-corrected chi connectivity index (χ1v) is 5.89. The number of halogens is 2. The van der Waals surface area contributed by atoms with Gasteiger partial charge in [-0.15, -0.1) is 21.8 Å². The molecule has 1 heterocycles. The van der Waals surface area contributed by atoms with Gasteiger partial charge in [-0.1, -0.05) is 12.1 Å². The van der Waals surface area contributed by atoms with Crippen molar-refractivity contribution in [2.24, 2.45) is 0 Å². The number of hydrogen-bond donors (Lipinski definition) is 0. The molecule has 0 N–H and O–H groups in total. The average Bonchev–Trinajstić information content (AvgIpc) is 2.78. The highest BCUT2D eigenvalue weighted by Crippen LogP contribution is 2.23. The van der Waals surface area contributed by atoms with E-state index in [2.05, 4.69) is 10.2 Å². The molecule has 0 spiro atoms. The topological polar surface area (TPSA) is 38.9 Å². The standard InChI is InChI=1S/C12H12ClFN2O/c1-8-4-2-5-9(11(8)14)12-16-15-10(17-12)6-3-7-13/h2,4-5H,3,6-7H2,1H3. The van der Waals surface area contributed by atoms with Crippen LogP contribution >= 0.6 is 11.6 Å². The molecule has 1 aromatic carbocycles. The zero-order valence-corrected chi connectivity index (χ0v) is 10.2. The van der Waals surface area contributed by atoms with Crippen molar-refractivity contribution in [3.8, 4) is 11.5 Å². The smallest absolute Gasteiger partial charge is 0.250 e. The molecule has 2 aromatic rings. The Morgan fingerprint density at radius 3 is 2.94 bits per heavy atom. The highest BCUT2D eigenvalue weighted by atomic mass is 35.5. The fraction of sp³-hybridized carbons (Fsp3) is 0.333. The first-order chi connectivity index (χ1) is 8.22. The third-order valence-electron chi connectivity index (χ3n) is 2.41. The number of rotatable bonds is 4. The summed E-state index contributed by atoms with van der Waals surface area (Å²) < 4.78 is 19.2. The van der Waals surface area contributed by atoms with Gasteiger partial charge in [0.1, 0.15) is 5.82 Å². The van der Waals surface area contributed by atoms with E-state index in [0.717, 1.165) is 6.42 Å². The van der Waals surface area contributed by atoms with Crippen LogP contribution in [0.5, 0.6) is 0 Å². The molecule has 1 aromatic heterocycles. The van der Waals surface area contributed by atoms with Crippen molar-refractivity contribution < 1.29 is 8.81 Å². The Balaban J connectivity index is 2.27. The van der Waals surface area contributed by atoms with Crippen LogP contribution in [0.2, 0.25) is 0 Å². The third kappa shape index (κ3) is 2.64. The van der Waals surface area contributed by atoms with Gasteiger partial charge in [0.25, 0.3) is 5.89 Å². The van der Waals surface area contributed by atoms with Crippen molar-refractivity contribution in [3.63, 3.8) is 0 Å². The fourth-order valence-corrected chi connectivity index (χ4v) is 1.63. The summed E-state index contributed by atoms with van der Waals surface area (Å²) >= 11 is 5.57. The summed E-state index contributed by atoms with van der Waals surface area (Å²) in [5, 5.41) is 7.70. The summed E-state index contributed by atoms with van der Waals surface area (Å²) in [7, 11) is 0. The van der Waals surface area contributed by atoms with E-state index in [9.17, 15) is 4.39 Å². The minimum atomic E-state index is -0.319. The van der Waals surface area contributed by atoms with Gasteiger partial charge in [0.05, 0.1) is 5.56 Å². The lowest BCUT2D eigenvalue weighted by molar-refractivity contribution is 0.498. The molecule has 17 heavy (non-hydrogen) atoms. The molecule has 5 heteroatoms. The molecule has 2 rings (SSSR count). The van der Waals surface area contributed by atoms with Crippen LogP contribution in [-0.4, -0.2) is 16.1 Å². The van der Waals surface area contributed by atoms with Crippen LogP contribution in [-0.2, 0) is 6.42 Å². The number of hydrogen-bond acceptors (Lipinski definition) is 3. The summed E-state index contributed by atoms with van der Waals surface area (Å²) in [6.07, 6.45) is 1.38. The minimum absolute atomic E-state index is 0.218. The van der Waals surface area contributed by atoms with Gasteiger partial charge in [-0.2, -0.15) is 0 Å². The van der Waals surface area contributed by atoms with Crippen LogP contribution in [0.4, 0.5) is 4.39 Å². The van der Waals surface area contributed by atoms with Crippen LogP contribution in [0.3, 0.4) is 0 Å². The van der Waals surface area contributed by atoms with E-state index in [-0.39, 0.29) is 11.7 Å².